The number of nitrogens with zero attached hydrogens (tertiary/aromatic N) is 5. The van der Waals surface area contributed by atoms with Crippen LogP contribution in [0.15, 0.2) is 48.5 Å². The Morgan fingerprint density at radius 1 is 0.800 bits per heavy atom. The summed E-state index contributed by atoms with van der Waals surface area (Å²) >= 11 is 6.16. The average molecular weight is 422 g/mol. The molecule has 2 aliphatic heterocycles. The van der Waals surface area contributed by atoms with Crippen molar-refractivity contribution in [2.75, 3.05) is 49.1 Å². The molecule has 2 aromatic carbocycles. The Labute approximate surface area is 181 Å². The second-order valence-electron chi connectivity index (χ2n) is 7.87. The number of fused-ring (bicyclic) bond motifs is 1. The fraction of sp³-hybridized carbons (Fsp3) is 0.348. The molecule has 5 rings (SSSR count). The molecule has 2 saturated heterocycles. The largest absolute Gasteiger partial charge is 0.368 e. The van der Waals surface area contributed by atoms with Crippen molar-refractivity contribution in [2.24, 2.45) is 0 Å². The van der Waals surface area contributed by atoms with Crippen molar-refractivity contribution in [3.63, 3.8) is 0 Å². The van der Waals surface area contributed by atoms with Crippen LogP contribution in [0.4, 0.5) is 11.5 Å². The summed E-state index contributed by atoms with van der Waals surface area (Å²) in [4.78, 5) is 19.5. The fourth-order valence-electron chi connectivity index (χ4n) is 4.40. The lowest BCUT2D eigenvalue weighted by molar-refractivity contribution is 0.0788. The summed E-state index contributed by atoms with van der Waals surface area (Å²) in [6.45, 7) is 5.05. The van der Waals surface area contributed by atoms with Crippen LogP contribution in [0.1, 0.15) is 23.3 Å². The molecule has 0 spiro atoms. The third kappa shape index (κ3) is 3.56. The maximum atomic E-state index is 13.0. The SMILES string of the molecule is O=C(c1nnc(N2CCN(c3cccc(Cl)c3)CC2)c2ccccc12)N1CCCC1. The molecule has 3 heterocycles. The molecule has 0 aliphatic carbocycles. The van der Waals surface area contributed by atoms with Gasteiger partial charge in [0, 0.05) is 60.8 Å². The van der Waals surface area contributed by atoms with Crippen LogP contribution in [0.3, 0.4) is 0 Å². The summed E-state index contributed by atoms with van der Waals surface area (Å²) in [6, 6.07) is 16.0. The molecule has 1 amide bonds. The molecule has 7 heteroatoms. The van der Waals surface area contributed by atoms with E-state index in [1.54, 1.807) is 0 Å². The maximum Gasteiger partial charge on any atom is 0.275 e. The van der Waals surface area contributed by atoms with E-state index in [0.29, 0.717) is 5.69 Å². The predicted octanol–water partition coefficient (Wildman–Crippen LogP) is 3.85. The summed E-state index contributed by atoms with van der Waals surface area (Å²) in [5, 5.41) is 11.6. The number of hydrogen-bond donors (Lipinski definition) is 0. The maximum absolute atomic E-state index is 13.0. The van der Waals surface area contributed by atoms with E-state index in [-0.39, 0.29) is 5.91 Å². The van der Waals surface area contributed by atoms with Gasteiger partial charge >= 0.3 is 0 Å². The Bertz CT molecular complexity index is 1070. The zero-order valence-electron chi connectivity index (χ0n) is 16.8. The highest BCUT2D eigenvalue weighted by molar-refractivity contribution is 6.30. The molecule has 2 fully saturated rings. The van der Waals surface area contributed by atoms with Crippen molar-refractivity contribution in [2.45, 2.75) is 12.8 Å². The van der Waals surface area contributed by atoms with Gasteiger partial charge in [0.25, 0.3) is 5.91 Å². The molecule has 30 heavy (non-hydrogen) atoms. The molecule has 0 atom stereocenters. The van der Waals surface area contributed by atoms with Gasteiger partial charge in [-0.25, -0.2) is 0 Å². The van der Waals surface area contributed by atoms with Crippen molar-refractivity contribution in [1.82, 2.24) is 15.1 Å². The van der Waals surface area contributed by atoms with Gasteiger partial charge < -0.3 is 14.7 Å². The third-order valence-electron chi connectivity index (χ3n) is 6.02. The highest BCUT2D eigenvalue weighted by Crippen LogP contribution is 2.29. The minimum Gasteiger partial charge on any atom is -0.368 e. The first-order chi connectivity index (χ1) is 14.7. The summed E-state index contributed by atoms with van der Waals surface area (Å²) in [6.07, 6.45) is 2.12. The van der Waals surface area contributed by atoms with Gasteiger partial charge in [-0.2, -0.15) is 0 Å². The Morgan fingerprint density at radius 2 is 1.50 bits per heavy atom. The van der Waals surface area contributed by atoms with E-state index < -0.39 is 0 Å². The van der Waals surface area contributed by atoms with Gasteiger partial charge in [0.1, 0.15) is 0 Å². The smallest absolute Gasteiger partial charge is 0.275 e. The van der Waals surface area contributed by atoms with Crippen molar-refractivity contribution < 1.29 is 4.79 Å². The first kappa shape index (κ1) is 19.1. The summed E-state index contributed by atoms with van der Waals surface area (Å²) in [5.41, 5.74) is 1.61. The van der Waals surface area contributed by atoms with E-state index in [9.17, 15) is 4.79 Å². The molecule has 2 aliphatic rings. The van der Waals surface area contributed by atoms with Crippen LogP contribution in [0.25, 0.3) is 10.8 Å². The van der Waals surface area contributed by atoms with E-state index in [1.165, 1.54) is 0 Å². The van der Waals surface area contributed by atoms with Gasteiger partial charge in [-0.05, 0) is 31.0 Å². The van der Waals surface area contributed by atoms with E-state index in [0.717, 1.165) is 79.4 Å². The van der Waals surface area contributed by atoms with Crippen molar-refractivity contribution in [1.29, 1.82) is 0 Å². The Kier molecular flexibility index (Phi) is 5.17. The quantitative estimate of drug-likeness (QED) is 0.643. The number of piperazine rings is 1. The number of anilines is 2. The highest BCUT2D eigenvalue weighted by atomic mass is 35.5. The molecule has 0 unspecified atom stereocenters. The number of benzene rings is 2. The third-order valence-corrected chi connectivity index (χ3v) is 6.25. The lowest BCUT2D eigenvalue weighted by atomic mass is 10.1. The lowest BCUT2D eigenvalue weighted by Crippen LogP contribution is -2.47. The lowest BCUT2D eigenvalue weighted by Gasteiger charge is -2.37. The van der Waals surface area contributed by atoms with Crippen LogP contribution in [0.2, 0.25) is 5.02 Å². The molecular formula is C23H24ClN5O. The fourth-order valence-corrected chi connectivity index (χ4v) is 4.59. The van der Waals surface area contributed by atoms with Gasteiger partial charge in [-0.1, -0.05) is 41.9 Å². The van der Waals surface area contributed by atoms with Crippen LogP contribution in [-0.2, 0) is 0 Å². The van der Waals surface area contributed by atoms with Gasteiger partial charge in [0.2, 0.25) is 0 Å². The Balaban J connectivity index is 1.40. The topological polar surface area (TPSA) is 52.6 Å². The summed E-state index contributed by atoms with van der Waals surface area (Å²) in [5.74, 6) is 0.850. The molecule has 0 N–H and O–H groups in total. The van der Waals surface area contributed by atoms with Crippen molar-refractivity contribution in [3.05, 3.63) is 59.2 Å². The van der Waals surface area contributed by atoms with Crippen LogP contribution >= 0.6 is 11.6 Å². The number of hydrogen-bond acceptors (Lipinski definition) is 5. The molecule has 0 saturated carbocycles. The standard InChI is InChI=1S/C23H24ClN5O/c24-17-6-5-7-18(16-17)27-12-14-28(15-13-27)22-20-9-2-1-8-19(20)21(25-26-22)23(30)29-10-3-4-11-29/h1-2,5-9,16H,3-4,10-15H2. The molecule has 154 valence electrons. The second-order valence-corrected chi connectivity index (χ2v) is 8.31. The Hall–Kier alpha value is -2.86. The average Bonchev–Trinajstić information content (AvgIpc) is 3.33. The van der Waals surface area contributed by atoms with Crippen LogP contribution in [-0.4, -0.2) is 60.3 Å². The van der Waals surface area contributed by atoms with Crippen molar-refractivity contribution >= 4 is 39.8 Å². The molecule has 1 aromatic heterocycles. The predicted molar refractivity (Wildman–Crippen MR) is 121 cm³/mol. The van der Waals surface area contributed by atoms with Crippen LogP contribution in [0.5, 0.6) is 0 Å². The number of likely N-dealkylation sites (tertiary alicyclic amines) is 1. The normalized spacial score (nSPS) is 17.0. The number of halogens is 1. The van der Waals surface area contributed by atoms with Gasteiger partial charge in [0.05, 0.1) is 0 Å². The minimum atomic E-state index is -0.00599. The van der Waals surface area contributed by atoms with Gasteiger partial charge in [-0.3, -0.25) is 4.79 Å². The van der Waals surface area contributed by atoms with Gasteiger partial charge in [-0.15, -0.1) is 10.2 Å². The second kappa shape index (κ2) is 8.11. The van der Waals surface area contributed by atoms with Crippen molar-refractivity contribution in [3.8, 4) is 0 Å². The van der Waals surface area contributed by atoms with E-state index >= 15 is 0 Å². The first-order valence-corrected chi connectivity index (χ1v) is 10.9. The summed E-state index contributed by atoms with van der Waals surface area (Å²) < 4.78 is 0. The van der Waals surface area contributed by atoms with E-state index in [1.807, 2.05) is 47.4 Å². The molecular weight excluding hydrogens is 398 g/mol. The molecule has 6 nitrogen and oxygen atoms in total. The molecule has 3 aromatic rings. The zero-order valence-corrected chi connectivity index (χ0v) is 17.6. The number of carbonyl (C=O) groups is 1. The molecule has 0 radical (unpaired) electrons. The Morgan fingerprint density at radius 3 is 2.23 bits per heavy atom. The monoisotopic (exact) mass is 421 g/mol. The minimum absolute atomic E-state index is 0.00599. The van der Waals surface area contributed by atoms with Crippen LogP contribution < -0.4 is 9.80 Å². The number of amides is 1. The van der Waals surface area contributed by atoms with Crippen LogP contribution in [0, 0.1) is 0 Å². The number of aromatic nitrogens is 2. The first-order valence-electron chi connectivity index (χ1n) is 10.5. The van der Waals surface area contributed by atoms with E-state index in [2.05, 4.69) is 26.1 Å². The zero-order chi connectivity index (χ0) is 20.5. The van der Waals surface area contributed by atoms with E-state index in [4.69, 9.17) is 11.6 Å². The number of carbonyl (C=O) groups excluding carboxylic acids is 1. The highest BCUT2D eigenvalue weighted by Gasteiger charge is 2.26. The van der Waals surface area contributed by atoms with Gasteiger partial charge in [0.15, 0.2) is 11.5 Å². The molecule has 0 bridgehead atoms. The number of rotatable bonds is 3. The summed E-state index contributed by atoms with van der Waals surface area (Å²) in [7, 11) is 0.